The second-order valence-corrected chi connectivity index (χ2v) is 13.9. The molecule has 0 radical (unpaired) electrons. The van der Waals surface area contributed by atoms with Crippen LogP contribution in [0.3, 0.4) is 0 Å². The Kier molecular flexibility index (Phi) is 8.27. The van der Waals surface area contributed by atoms with Crippen LogP contribution in [0, 0.1) is 20.8 Å². The minimum atomic E-state index is -3.96. The first-order valence-electron chi connectivity index (χ1n) is 15.1. The zero-order valence-electron chi connectivity index (χ0n) is 25.9. The van der Waals surface area contributed by atoms with Crippen molar-refractivity contribution in [3.63, 3.8) is 0 Å². The van der Waals surface area contributed by atoms with Gasteiger partial charge >= 0.3 is 5.97 Å². The van der Waals surface area contributed by atoms with Crippen LogP contribution in [-0.4, -0.2) is 75.8 Å². The molecule has 4 aromatic rings. The quantitative estimate of drug-likeness (QED) is 0.230. The summed E-state index contributed by atoms with van der Waals surface area (Å²) in [6, 6.07) is 10.9. The number of hydrogen-bond donors (Lipinski definition) is 2. The summed E-state index contributed by atoms with van der Waals surface area (Å²) in [6.07, 6.45) is 3.98. The van der Waals surface area contributed by atoms with Gasteiger partial charge in [-0.2, -0.15) is 9.29 Å². The van der Waals surface area contributed by atoms with Crippen LogP contribution in [0.2, 0.25) is 0 Å². The van der Waals surface area contributed by atoms with Gasteiger partial charge in [0.2, 0.25) is 15.9 Å². The van der Waals surface area contributed by atoms with Gasteiger partial charge in [-0.25, -0.2) is 8.42 Å². The minimum Gasteiger partial charge on any atom is -0.481 e. The third-order valence-electron chi connectivity index (χ3n) is 8.77. The normalized spacial score (nSPS) is 17.4. The number of carboxylic acids is 1. The lowest BCUT2D eigenvalue weighted by Gasteiger charge is -2.25. The summed E-state index contributed by atoms with van der Waals surface area (Å²) in [5.41, 5.74) is 4.24. The molecule has 4 heterocycles. The zero-order valence-corrected chi connectivity index (χ0v) is 26.7. The van der Waals surface area contributed by atoms with Crippen LogP contribution in [0.15, 0.2) is 47.5 Å². The second kappa shape index (κ2) is 12.0. The Morgan fingerprint density at radius 2 is 1.96 bits per heavy atom. The lowest BCUT2D eigenvalue weighted by atomic mass is 9.85. The summed E-state index contributed by atoms with van der Waals surface area (Å²) in [6.45, 7) is 7.28. The van der Waals surface area contributed by atoms with E-state index in [4.69, 9.17) is 9.47 Å². The molecule has 0 amide bonds. The molecular weight excluding hydrogens is 596 g/mol. The molecule has 2 aliphatic rings. The lowest BCUT2D eigenvalue weighted by molar-refractivity contribution is -0.137. The summed E-state index contributed by atoms with van der Waals surface area (Å²) < 4.78 is 43.0. The molecule has 2 N–H and O–H groups in total. The van der Waals surface area contributed by atoms with Gasteiger partial charge < -0.3 is 19.9 Å². The molecule has 1 aromatic carbocycles. The van der Waals surface area contributed by atoms with Crippen molar-refractivity contribution in [2.75, 3.05) is 32.1 Å². The number of nitrogens with zero attached hydrogens (tertiary/aromatic N) is 5. The molecule has 0 unspecified atom stereocenters. The van der Waals surface area contributed by atoms with E-state index in [0.29, 0.717) is 24.6 Å². The van der Waals surface area contributed by atoms with Crippen LogP contribution in [0.5, 0.6) is 5.88 Å². The number of anilines is 1. The Bertz CT molecular complexity index is 1870. The highest BCUT2D eigenvalue weighted by atomic mass is 32.2. The number of nitrogens with one attached hydrogen (secondary N) is 1. The first-order valence-corrected chi connectivity index (χ1v) is 16.5. The van der Waals surface area contributed by atoms with Crippen LogP contribution >= 0.6 is 0 Å². The van der Waals surface area contributed by atoms with Crippen LogP contribution in [0.1, 0.15) is 65.2 Å². The average molecular weight is 635 g/mol. The third-order valence-corrected chi connectivity index (χ3v) is 10.6. The topological polar surface area (TPSA) is 148 Å². The van der Waals surface area contributed by atoms with E-state index in [1.165, 1.54) is 4.31 Å². The largest absolute Gasteiger partial charge is 0.481 e. The Balaban J connectivity index is 1.33. The number of ether oxygens (including phenoxy) is 2. The fourth-order valence-electron chi connectivity index (χ4n) is 5.99. The molecule has 0 bridgehead atoms. The molecule has 1 aliphatic heterocycles. The van der Waals surface area contributed by atoms with Gasteiger partial charge in [0.25, 0.3) is 0 Å². The average Bonchev–Trinajstić information content (AvgIpc) is 3.66. The number of fused-ring (bicyclic) bond motifs is 2. The van der Waals surface area contributed by atoms with Gasteiger partial charge in [0.15, 0.2) is 5.65 Å². The number of aryl methyl sites for hydroxylation is 3. The molecule has 1 atom stereocenters. The highest BCUT2D eigenvalue weighted by Gasteiger charge is 2.52. The first kappa shape index (κ1) is 30.9. The molecular formula is C32H38N6O6S. The van der Waals surface area contributed by atoms with E-state index in [1.54, 1.807) is 19.2 Å². The van der Waals surface area contributed by atoms with Crippen molar-refractivity contribution in [1.29, 1.82) is 0 Å². The first-order chi connectivity index (χ1) is 21.5. The van der Waals surface area contributed by atoms with Crippen molar-refractivity contribution in [3.8, 4) is 5.88 Å². The molecule has 6 rings (SSSR count). The molecule has 0 saturated heterocycles. The van der Waals surface area contributed by atoms with Gasteiger partial charge in [0, 0.05) is 38.9 Å². The van der Waals surface area contributed by atoms with Gasteiger partial charge in [-0.1, -0.05) is 18.2 Å². The number of hydrogen-bond acceptors (Lipinski definition) is 9. The van der Waals surface area contributed by atoms with Crippen LogP contribution in [0.4, 0.5) is 5.82 Å². The van der Waals surface area contributed by atoms with E-state index in [-0.39, 0.29) is 30.3 Å². The number of methoxy groups -OCH3 is 1. The summed E-state index contributed by atoms with van der Waals surface area (Å²) in [5, 5.41) is 21.6. The van der Waals surface area contributed by atoms with E-state index in [2.05, 4.69) is 20.5 Å². The SMILES string of the molecule is COCCCNc1ccc2c(n1)OC1(CC1)CN(Cc1cc([C@H](CC(=O)O)c3ccn4c(C)nnc4c3C)ccc1C)S2(=O)=O. The van der Waals surface area contributed by atoms with Crippen molar-refractivity contribution in [1.82, 2.24) is 23.9 Å². The number of rotatable bonds is 11. The van der Waals surface area contributed by atoms with Gasteiger partial charge in [-0.15, -0.1) is 10.2 Å². The lowest BCUT2D eigenvalue weighted by Crippen LogP contribution is -2.38. The van der Waals surface area contributed by atoms with Crippen molar-refractivity contribution in [3.05, 3.63) is 76.2 Å². The number of carbonyl (C=O) groups is 1. The van der Waals surface area contributed by atoms with Crippen molar-refractivity contribution >= 4 is 27.5 Å². The molecule has 238 valence electrons. The van der Waals surface area contributed by atoms with Crippen molar-refractivity contribution < 1.29 is 27.8 Å². The Labute approximate surface area is 262 Å². The molecule has 12 nitrogen and oxygen atoms in total. The molecule has 1 fully saturated rings. The van der Waals surface area contributed by atoms with Gasteiger partial charge in [0.05, 0.1) is 13.0 Å². The number of benzene rings is 1. The van der Waals surface area contributed by atoms with E-state index >= 15 is 0 Å². The van der Waals surface area contributed by atoms with Crippen molar-refractivity contribution in [2.45, 2.75) is 69.4 Å². The van der Waals surface area contributed by atoms with Gasteiger partial charge in [-0.3, -0.25) is 9.20 Å². The molecule has 1 saturated carbocycles. The summed E-state index contributed by atoms with van der Waals surface area (Å²) >= 11 is 0. The Morgan fingerprint density at radius 1 is 1.16 bits per heavy atom. The number of aliphatic carboxylic acids is 1. The summed E-state index contributed by atoms with van der Waals surface area (Å²) in [7, 11) is -2.31. The predicted octanol–water partition coefficient (Wildman–Crippen LogP) is 4.22. The minimum absolute atomic E-state index is 0.0406. The summed E-state index contributed by atoms with van der Waals surface area (Å²) in [5.74, 6) is 0.0101. The highest BCUT2D eigenvalue weighted by Crippen LogP contribution is 2.46. The monoisotopic (exact) mass is 634 g/mol. The van der Waals surface area contributed by atoms with E-state index in [0.717, 1.165) is 52.9 Å². The maximum atomic E-state index is 14.1. The number of aromatic nitrogens is 4. The van der Waals surface area contributed by atoms with Gasteiger partial charge in [-0.05, 0) is 86.1 Å². The van der Waals surface area contributed by atoms with Crippen LogP contribution in [0.25, 0.3) is 5.65 Å². The van der Waals surface area contributed by atoms with Crippen LogP contribution < -0.4 is 10.1 Å². The van der Waals surface area contributed by atoms with E-state index in [9.17, 15) is 18.3 Å². The fraction of sp³-hybridized carbons (Fsp3) is 0.438. The molecule has 45 heavy (non-hydrogen) atoms. The third kappa shape index (κ3) is 6.11. The highest BCUT2D eigenvalue weighted by molar-refractivity contribution is 7.89. The van der Waals surface area contributed by atoms with E-state index in [1.807, 2.05) is 55.6 Å². The summed E-state index contributed by atoms with van der Waals surface area (Å²) in [4.78, 5) is 16.7. The van der Waals surface area contributed by atoms with E-state index < -0.39 is 27.5 Å². The smallest absolute Gasteiger partial charge is 0.304 e. The maximum absolute atomic E-state index is 14.1. The zero-order chi connectivity index (χ0) is 31.9. The predicted molar refractivity (Wildman–Crippen MR) is 167 cm³/mol. The maximum Gasteiger partial charge on any atom is 0.304 e. The molecule has 3 aromatic heterocycles. The molecule has 13 heteroatoms. The molecule has 1 spiro atoms. The standard InChI is InChI=1S/C32H38N6O6S/c1-20-6-7-23(26(17-29(39)40)25-10-14-38-22(3)35-36-30(38)21(25)2)16-24(20)18-37-19-32(11-12-32)44-31-27(45(37,41)42)8-9-28(34-31)33-13-5-15-43-4/h6-10,14,16,26H,5,11-13,15,17-19H2,1-4H3,(H,33,34)(H,39,40)/t26-/m0/s1. The van der Waals surface area contributed by atoms with Gasteiger partial charge in [0.1, 0.15) is 22.1 Å². The Hall–Kier alpha value is -4.07. The second-order valence-electron chi connectivity index (χ2n) is 12.0. The number of carboxylic acid groups (broad SMARTS) is 1. The van der Waals surface area contributed by atoms with Crippen LogP contribution in [-0.2, 0) is 26.1 Å². The van der Waals surface area contributed by atoms with Crippen molar-refractivity contribution in [2.24, 2.45) is 0 Å². The fourth-order valence-corrected chi connectivity index (χ4v) is 7.53. The molecule has 1 aliphatic carbocycles. The number of pyridine rings is 2. The number of sulfonamides is 1. The Morgan fingerprint density at radius 3 is 2.69 bits per heavy atom.